The molecule has 1 N–H and O–H groups in total. The minimum atomic E-state index is -1.41. The number of rotatable bonds is 3. The van der Waals surface area contributed by atoms with Gasteiger partial charge < -0.3 is 14.5 Å². The predicted octanol–water partition coefficient (Wildman–Crippen LogP) is 2.89. The van der Waals surface area contributed by atoms with Gasteiger partial charge >= 0.3 is 5.97 Å². The van der Waals surface area contributed by atoms with Gasteiger partial charge in [0, 0.05) is 11.3 Å². The van der Waals surface area contributed by atoms with Gasteiger partial charge in [-0.3, -0.25) is 0 Å². The minimum Gasteiger partial charge on any atom is -0.491 e. The first kappa shape index (κ1) is 14.0. The molecule has 0 aliphatic heterocycles. The summed E-state index contributed by atoms with van der Waals surface area (Å²) in [5, 5.41) is 0. The van der Waals surface area contributed by atoms with Gasteiger partial charge in [0.2, 0.25) is 5.82 Å². The Morgan fingerprint density at radius 2 is 1.85 bits per heavy atom. The standard InChI is InChI=1S/C13H10F3NO3/c1-19-12-10(15)6(5-7(14)11(12)16)8-3-4-9(17-8)13(18)20-2/h3-5,17H,1-2H3. The molecule has 0 aliphatic rings. The van der Waals surface area contributed by atoms with Crippen molar-refractivity contribution >= 4 is 5.97 Å². The molecule has 2 rings (SSSR count). The van der Waals surface area contributed by atoms with E-state index >= 15 is 0 Å². The highest BCUT2D eigenvalue weighted by atomic mass is 19.2. The number of H-pyrrole nitrogens is 1. The average molecular weight is 285 g/mol. The van der Waals surface area contributed by atoms with Crippen LogP contribution in [0.2, 0.25) is 0 Å². The van der Waals surface area contributed by atoms with Crippen LogP contribution in [0, 0.1) is 17.5 Å². The summed E-state index contributed by atoms with van der Waals surface area (Å²) in [7, 11) is 2.21. The van der Waals surface area contributed by atoms with Gasteiger partial charge in [-0.15, -0.1) is 0 Å². The van der Waals surface area contributed by atoms with Crippen molar-refractivity contribution in [1.29, 1.82) is 0 Å². The number of hydrogen-bond acceptors (Lipinski definition) is 3. The van der Waals surface area contributed by atoms with E-state index in [4.69, 9.17) is 0 Å². The third-order valence-corrected chi connectivity index (χ3v) is 2.70. The lowest BCUT2D eigenvalue weighted by molar-refractivity contribution is 0.0595. The van der Waals surface area contributed by atoms with Crippen LogP contribution in [-0.4, -0.2) is 25.2 Å². The average Bonchev–Trinajstić information content (AvgIpc) is 2.92. The maximum absolute atomic E-state index is 14.0. The molecule has 0 amide bonds. The van der Waals surface area contributed by atoms with E-state index in [1.807, 2.05) is 0 Å². The van der Waals surface area contributed by atoms with Crippen LogP contribution in [0.4, 0.5) is 13.2 Å². The van der Waals surface area contributed by atoms with Crippen molar-refractivity contribution in [1.82, 2.24) is 4.98 Å². The number of hydrogen-bond donors (Lipinski definition) is 1. The summed E-state index contributed by atoms with van der Waals surface area (Å²) in [5.74, 6) is -5.22. The van der Waals surface area contributed by atoms with Gasteiger partial charge in [0.05, 0.1) is 14.2 Å². The van der Waals surface area contributed by atoms with Crippen LogP contribution in [0.1, 0.15) is 10.5 Å². The molecular weight excluding hydrogens is 275 g/mol. The molecule has 0 atom stereocenters. The van der Waals surface area contributed by atoms with Crippen molar-refractivity contribution in [2.75, 3.05) is 14.2 Å². The van der Waals surface area contributed by atoms with E-state index in [1.165, 1.54) is 19.2 Å². The van der Waals surface area contributed by atoms with Crippen molar-refractivity contribution in [3.05, 3.63) is 41.3 Å². The van der Waals surface area contributed by atoms with Crippen LogP contribution in [0.5, 0.6) is 5.75 Å². The number of halogens is 3. The van der Waals surface area contributed by atoms with Crippen molar-refractivity contribution in [3.63, 3.8) is 0 Å². The lowest BCUT2D eigenvalue weighted by Gasteiger charge is -2.08. The molecular formula is C13H10F3NO3. The molecule has 0 fully saturated rings. The Bertz CT molecular complexity index is 667. The van der Waals surface area contributed by atoms with Crippen LogP contribution in [0.25, 0.3) is 11.3 Å². The Kier molecular flexibility index (Phi) is 3.69. The molecule has 0 unspecified atom stereocenters. The Balaban J connectivity index is 2.56. The Labute approximate surface area is 112 Å². The number of carbonyl (C=O) groups is 1. The number of carbonyl (C=O) groups excluding carboxylic acids is 1. The Morgan fingerprint density at radius 1 is 1.15 bits per heavy atom. The molecule has 1 aromatic heterocycles. The van der Waals surface area contributed by atoms with Gasteiger partial charge in [-0.25, -0.2) is 13.6 Å². The molecule has 0 radical (unpaired) electrons. The SMILES string of the molecule is COC(=O)c1ccc(-c2cc(F)c(F)c(OC)c2F)[nH]1. The van der Waals surface area contributed by atoms with Crippen molar-refractivity contribution in [3.8, 4) is 17.0 Å². The zero-order valence-electron chi connectivity index (χ0n) is 10.6. The first-order chi connectivity index (χ1) is 9.49. The normalized spacial score (nSPS) is 10.4. The lowest BCUT2D eigenvalue weighted by Crippen LogP contribution is -2.02. The summed E-state index contributed by atoms with van der Waals surface area (Å²) in [4.78, 5) is 13.8. The Hall–Kier alpha value is -2.44. The van der Waals surface area contributed by atoms with Gasteiger partial charge in [0.25, 0.3) is 0 Å². The molecule has 1 aromatic carbocycles. The maximum atomic E-state index is 14.0. The number of benzene rings is 1. The first-order valence-electron chi connectivity index (χ1n) is 5.48. The van der Waals surface area contributed by atoms with E-state index < -0.39 is 29.2 Å². The number of nitrogens with one attached hydrogen (secondary N) is 1. The fourth-order valence-corrected chi connectivity index (χ4v) is 1.74. The van der Waals surface area contributed by atoms with Crippen LogP contribution in [-0.2, 0) is 4.74 Å². The summed E-state index contributed by atoms with van der Waals surface area (Å²) in [6.45, 7) is 0. The number of methoxy groups -OCH3 is 2. The zero-order chi connectivity index (χ0) is 14.9. The number of aromatic nitrogens is 1. The van der Waals surface area contributed by atoms with Crippen LogP contribution >= 0.6 is 0 Å². The van der Waals surface area contributed by atoms with Gasteiger partial charge in [0.1, 0.15) is 5.69 Å². The van der Waals surface area contributed by atoms with Crippen molar-refractivity contribution in [2.24, 2.45) is 0 Å². The first-order valence-corrected chi connectivity index (χ1v) is 5.48. The second-order valence-corrected chi connectivity index (χ2v) is 3.84. The maximum Gasteiger partial charge on any atom is 0.354 e. The minimum absolute atomic E-state index is 0.0607. The molecule has 7 heteroatoms. The van der Waals surface area contributed by atoms with Crippen LogP contribution in [0.3, 0.4) is 0 Å². The second kappa shape index (κ2) is 5.28. The van der Waals surface area contributed by atoms with Gasteiger partial charge in [-0.05, 0) is 18.2 Å². The summed E-state index contributed by atoms with van der Waals surface area (Å²) >= 11 is 0. The monoisotopic (exact) mass is 285 g/mol. The molecule has 1 heterocycles. The number of esters is 1. The summed E-state index contributed by atoms with van der Waals surface area (Å²) in [5.41, 5.74) is -0.0957. The van der Waals surface area contributed by atoms with Crippen LogP contribution < -0.4 is 4.74 Å². The molecule has 20 heavy (non-hydrogen) atoms. The molecule has 2 aromatic rings. The summed E-state index contributed by atoms with van der Waals surface area (Å²) < 4.78 is 49.7. The highest BCUT2D eigenvalue weighted by Gasteiger charge is 2.21. The molecule has 4 nitrogen and oxygen atoms in total. The highest BCUT2D eigenvalue weighted by Crippen LogP contribution is 2.32. The van der Waals surface area contributed by atoms with Crippen molar-refractivity contribution < 1.29 is 27.4 Å². The van der Waals surface area contributed by atoms with Gasteiger partial charge in [0.15, 0.2) is 17.4 Å². The quantitative estimate of drug-likeness (QED) is 0.697. The van der Waals surface area contributed by atoms with E-state index in [0.29, 0.717) is 6.07 Å². The Morgan fingerprint density at radius 3 is 2.45 bits per heavy atom. The van der Waals surface area contributed by atoms with E-state index in [-0.39, 0.29) is 17.0 Å². The van der Waals surface area contributed by atoms with Gasteiger partial charge in [-0.2, -0.15) is 4.39 Å². The largest absolute Gasteiger partial charge is 0.491 e. The molecule has 0 saturated heterocycles. The fourth-order valence-electron chi connectivity index (χ4n) is 1.74. The topological polar surface area (TPSA) is 51.3 Å². The fraction of sp³-hybridized carbons (Fsp3) is 0.154. The zero-order valence-corrected chi connectivity index (χ0v) is 10.6. The summed E-state index contributed by atoms with van der Waals surface area (Å²) in [6, 6.07) is 3.37. The van der Waals surface area contributed by atoms with E-state index in [1.54, 1.807) is 0 Å². The van der Waals surface area contributed by atoms with E-state index in [0.717, 1.165) is 7.11 Å². The number of ether oxygens (including phenoxy) is 2. The predicted molar refractivity (Wildman–Crippen MR) is 64.0 cm³/mol. The van der Waals surface area contributed by atoms with Crippen molar-refractivity contribution in [2.45, 2.75) is 0 Å². The van der Waals surface area contributed by atoms with Crippen LogP contribution in [0.15, 0.2) is 18.2 Å². The molecule has 0 aliphatic carbocycles. The highest BCUT2D eigenvalue weighted by molar-refractivity contribution is 5.88. The number of aromatic amines is 1. The third kappa shape index (κ3) is 2.22. The second-order valence-electron chi connectivity index (χ2n) is 3.84. The molecule has 0 saturated carbocycles. The van der Waals surface area contributed by atoms with Gasteiger partial charge in [-0.1, -0.05) is 0 Å². The molecule has 0 bridgehead atoms. The van der Waals surface area contributed by atoms with E-state index in [9.17, 15) is 18.0 Å². The lowest BCUT2D eigenvalue weighted by atomic mass is 10.1. The molecule has 0 spiro atoms. The third-order valence-electron chi connectivity index (χ3n) is 2.70. The molecule has 106 valence electrons. The smallest absolute Gasteiger partial charge is 0.354 e. The summed E-state index contributed by atoms with van der Waals surface area (Å²) in [6.07, 6.45) is 0. The van der Waals surface area contributed by atoms with E-state index in [2.05, 4.69) is 14.5 Å².